The first-order chi connectivity index (χ1) is 12.2. The van der Waals surface area contributed by atoms with Crippen LogP contribution < -0.4 is 20.7 Å². The number of halogens is 4. The van der Waals surface area contributed by atoms with Crippen molar-refractivity contribution in [1.82, 2.24) is 16.0 Å². The Balaban J connectivity index is 0.00000676. The Bertz CT molecular complexity index is 593. The van der Waals surface area contributed by atoms with E-state index >= 15 is 0 Å². The molecule has 0 aromatic heterocycles. The van der Waals surface area contributed by atoms with Gasteiger partial charge < -0.3 is 20.7 Å². The van der Waals surface area contributed by atoms with Gasteiger partial charge in [-0.2, -0.15) is 13.2 Å². The second-order valence-corrected chi connectivity index (χ2v) is 5.85. The highest BCUT2D eigenvalue weighted by Gasteiger charge is 2.28. The van der Waals surface area contributed by atoms with E-state index in [1.54, 1.807) is 19.2 Å². The van der Waals surface area contributed by atoms with Gasteiger partial charge in [0.05, 0.1) is 0 Å². The third-order valence-electron chi connectivity index (χ3n) is 3.25. The van der Waals surface area contributed by atoms with Crippen molar-refractivity contribution < 1.29 is 22.7 Å². The fraction of sp³-hybridized carbons (Fsp3) is 0.529. The third-order valence-corrected chi connectivity index (χ3v) is 3.25. The lowest BCUT2D eigenvalue weighted by Crippen LogP contribution is -2.41. The smallest absolute Gasteiger partial charge is 0.422 e. The Hall–Kier alpha value is -1.72. The number of guanidine groups is 1. The average Bonchev–Trinajstić information content (AvgIpc) is 2.59. The van der Waals surface area contributed by atoms with E-state index in [-0.39, 0.29) is 41.6 Å². The van der Waals surface area contributed by atoms with Crippen LogP contribution in [0.4, 0.5) is 13.2 Å². The molecule has 0 aliphatic heterocycles. The Morgan fingerprint density at radius 1 is 1.11 bits per heavy atom. The van der Waals surface area contributed by atoms with Gasteiger partial charge in [0.1, 0.15) is 5.75 Å². The van der Waals surface area contributed by atoms with Crippen LogP contribution in [0.25, 0.3) is 0 Å². The van der Waals surface area contributed by atoms with Crippen LogP contribution in [0.2, 0.25) is 0 Å². The van der Waals surface area contributed by atoms with Gasteiger partial charge in [0, 0.05) is 32.6 Å². The molecule has 0 unspecified atom stereocenters. The standard InChI is InChI=1S/C17H25F3N4O2.HI/c1-12(2)15(25)22-8-9-23-16(21-3)24-10-13-4-6-14(7-5-13)26-11-17(18,19)20;/h4-7,12H,8-11H2,1-3H3,(H,22,25)(H2,21,23,24);1H. The number of alkyl halides is 3. The zero-order valence-electron chi connectivity index (χ0n) is 15.5. The summed E-state index contributed by atoms with van der Waals surface area (Å²) >= 11 is 0. The van der Waals surface area contributed by atoms with Crippen LogP contribution in [0.3, 0.4) is 0 Å². The fourth-order valence-corrected chi connectivity index (χ4v) is 1.85. The SMILES string of the molecule is CN=C(NCCNC(=O)C(C)C)NCc1ccc(OCC(F)(F)F)cc1.I. The van der Waals surface area contributed by atoms with Crippen molar-refractivity contribution in [1.29, 1.82) is 0 Å². The lowest BCUT2D eigenvalue weighted by atomic mass is 10.2. The van der Waals surface area contributed by atoms with Crippen molar-refractivity contribution >= 4 is 35.8 Å². The zero-order valence-corrected chi connectivity index (χ0v) is 17.9. The molecule has 0 saturated heterocycles. The maximum Gasteiger partial charge on any atom is 0.422 e. The summed E-state index contributed by atoms with van der Waals surface area (Å²) in [6.45, 7) is 3.77. The minimum atomic E-state index is -4.35. The zero-order chi connectivity index (χ0) is 19.6. The summed E-state index contributed by atoms with van der Waals surface area (Å²) in [6, 6.07) is 6.32. The Morgan fingerprint density at radius 3 is 2.22 bits per heavy atom. The molecule has 1 aromatic carbocycles. The highest BCUT2D eigenvalue weighted by Crippen LogP contribution is 2.18. The van der Waals surface area contributed by atoms with Crippen molar-refractivity contribution in [2.45, 2.75) is 26.6 Å². The summed E-state index contributed by atoms with van der Waals surface area (Å²) in [5.74, 6) is 0.647. The van der Waals surface area contributed by atoms with Gasteiger partial charge in [-0.05, 0) is 17.7 Å². The Labute approximate surface area is 174 Å². The number of benzene rings is 1. The maximum atomic E-state index is 12.1. The fourth-order valence-electron chi connectivity index (χ4n) is 1.85. The van der Waals surface area contributed by atoms with E-state index in [9.17, 15) is 18.0 Å². The minimum absolute atomic E-state index is 0. The first-order valence-electron chi connectivity index (χ1n) is 8.22. The van der Waals surface area contributed by atoms with Crippen LogP contribution in [-0.2, 0) is 11.3 Å². The van der Waals surface area contributed by atoms with Gasteiger partial charge in [0.25, 0.3) is 0 Å². The first kappa shape index (κ1) is 25.3. The van der Waals surface area contributed by atoms with E-state index in [1.807, 2.05) is 13.8 Å². The van der Waals surface area contributed by atoms with Gasteiger partial charge in [-0.1, -0.05) is 26.0 Å². The van der Waals surface area contributed by atoms with Gasteiger partial charge in [0.15, 0.2) is 12.6 Å². The second kappa shape index (κ2) is 12.6. The highest BCUT2D eigenvalue weighted by atomic mass is 127. The maximum absolute atomic E-state index is 12.1. The molecule has 154 valence electrons. The molecule has 0 bridgehead atoms. The van der Waals surface area contributed by atoms with Gasteiger partial charge in [-0.3, -0.25) is 9.79 Å². The van der Waals surface area contributed by atoms with Crippen molar-refractivity contribution in [3.05, 3.63) is 29.8 Å². The van der Waals surface area contributed by atoms with Crippen LogP contribution in [0.1, 0.15) is 19.4 Å². The topological polar surface area (TPSA) is 74.8 Å². The number of amides is 1. The summed E-state index contributed by atoms with van der Waals surface area (Å²) in [5, 5.41) is 8.92. The van der Waals surface area contributed by atoms with Crippen molar-refractivity contribution in [2.75, 3.05) is 26.7 Å². The van der Waals surface area contributed by atoms with Gasteiger partial charge >= 0.3 is 6.18 Å². The molecule has 6 nitrogen and oxygen atoms in total. The van der Waals surface area contributed by atoms with Crippen molar-refractivity contribution in [3.8, 4) is 5.75 Å². The summed E-state index contributed by atoms with van der Waals surface area (Å²) < 4.78 is 41.0. The van der Waals surface area contributed by atoms with Crippen LogP contribution >= 0.6 is 24.0 Å². The Morgan fingerprint density at radius 2 is 1.70 bits per heavy atom. The number of carbonyl (C=O) groups excluding carboxylic acids is 1. The van der Waals surface area contributed by atoms with Crippen LogP contribution in [-0.4, -0.2) is 44.8 Å². The molecule has 0 atom stereocenters. The molecule has 0 aliphatic rings. The number of nitrogens with one attached hydrogen (secondary N) is 3. The highest BCUT2D eigenvalue weighted by molar-refractivity contribution is 14.0. The van der Waals surface area contributed by atoms with Gasteiger partial charge in [-0.15, -0.1) is 24.0 Å². The largest absolute Gasteiger partial charge is 0.484 e. The number of nitrogens with zero attached hydrogens (tertiary/aromatic N) is 1. The van der Waals surface area contributed by atoms with Crippen molar-refractivity contribution in [2.24, 2.45) is 10.9 Å². The minimum Gasteiger partial charge on any atom is -0.484 e. The third kappa shape index (κ3) is 11.6. The predicted octanol–water partition coefficient (Wildman–Crippen LogP) is 2.68. The number of hydrogen-bond acceptors (Lipinski definition) is 3. The van der Waals surface area contributed by atoms with Crippen LogP contribution in [0.5, 0.6) is 5.75 Å². The molecule has 0 saturated carbocycles. The number of carbonyl (C=O) groups is 1. The number of hydrogen-bond donors (Lipinski definition) is 3. The molecule has 0 fully saturated rings. The van der Waals surface area contributed by atoms with Crippen LogP contribution in [0, 0.1) is 5.92 Å². The van der Waals surface area contributed by atoms with E-state index < -0.39 is 12.8 Å². The summed E-state index contributed by atoms with van der Waals surface area (Å²) in [6.07, 6.45) is -4.35. The molecule has 0 heterocycles. The van der Waals surface area contributed by atoms with Gasteiger partial charge in [-0.25, -0.2) is 0 Å². The molecular weight excluding hydrogens is 476 g/mol. The molecule has 1 aromatic rings. The lowest BCUT2D eigenvalue weighted by molar-refractivity contribution is -0.153. The summed E-state index contributed by atoms with van der Waals surface area (Å²) in [7, 11) is 1.62. The molecule has 3 N–H and O–H groups in total. The van der Waals surface area contributed by atoms with E-state index in [2.05, 4.69) is 25.7 Å². The average molecular weight is 502 g/mol. The number of aliphatic imine (C=N–C) groups is 1. The molecule has 10 heteroatoms. The second-order valence-electron chi connectivity index (χ2n) is 5.85. The monoisotopic (exact) mass is 502 g/mol. The van der Waals surface area contributed by atoms with E-state index in [0.29, 0.717) is 25.6 Å². The first-order valence-corrected chi connectivity index (χ1v) is 8.22. The number of ether oxygens (including phenoxy) is 1. The quantitative estimate of drug-likeness (QED) is 0.221. The number of rotatable bonds is 8. The predicted molar refractivity (Wildman–Crippen MR) is 109 cm³/mol. The van der Waals surface area contributed by atoms with E-state index in [1.165, 1.54) is 12.1 Å². The molecule has 1 amide bonds. The Kier molecular flexibility index (Phi) is 11.8. The molecule has 27 heavy (non-hydrogen) atoms. The van der Waals surface area contributed by atoms with E-state index in [0.717, 1.165) is 5.56 Å². The molecule has 0 aliphatic carbocycles. The molecular formula is C17H26F3IN4O2. The molecule has 0 radical (unpaired) electrons. The molecule has 0 spiro atoms. The van der Waals surface area contributed by atoms with Gasteiger partial charge in [0.2, 0.25) is 5.91 Å². The molecule has 1 rings (SSSR count). The van der Waals surface area contributed by atoms with Crippen molar-refractivity contribution in [3.63, 3.8) is 0 Å². The van der Waals surface area contributed by atoms with Crippen LogP contribution in [0.15, 0.2) is 29.3 Å². The lowest BCUT2D eigenvalue weighted by Gasteiger charge is -2.13. The summed E-state index contributed by atoms with van der Waals surface area (Å²) in [5.41, 5.74) is 0.861. The normalized spacial score (nSPS) is 11.6. The summed E-state index contributed by atoms with van der Waals surface area (Å²) in [4.78, 5) is 15.5. The van der Waals surface area contributed by atoms with E-state index in [4.69, 9.17) is 0 Å².